The van der Waals surface area contributed by atoms with Gasteiger partial charge in [0.25, 0.3) is 5.56 Å². The fourth-order valence-electron chi connectivity index (χ4n) is 3.97. The molecule has 2 unspecified atom stereocenters. The van der Waals surface area contributed by atoms with E-state index in [9.17, 15) is 4.79 Å². The maximum Gasteiger partial charge on any atom is 0.274 e. The number of ether oxygens (including phenoxy) is 1. The van der Waals surface area contributed by atoms with E-state index in [1.54, 1.807) is 12.3 Å². The summed E-state index contributed by atoms with van der Waals surface area (Å²) in [7, 11) is 0. The Balaban J connectivity index is 0.00000103. The average molecular weight is 481 g/mol. The van der Waals surface area contributed by atoms with Crippen LogP contribution in [0.5, 0.6) is 0 Å². The van der Waals surface area contributed by atoms with Gasteiger partial charge < -0.3 is 26.1 Å². The highest BCUT2D eigenvalue weighted by Crippen LogP contribution is 2.27. The summed E-state index contributed by atoms with van der Waals surface area (Å²) in [6, 6.07) is 6.18. The van der Waals surface area contributed by atoms with E-state index >= 15 is 0 Å². The standard InChI is InChI=1S/C23H28N6O2.2C2H6/c1-13-10-25-22-17(13)5-4-6-19(22)27-15(3)21-16(11-26-29-23(21)30)9-20(24)28-18-7-8-31-12-14(18)2;2*1-2/h4-6,9-11,14,18,25,27-28H,3,7-8,12,24H2,1-2H3,(H,29,30);2*1-2H3/b20-9+;;. The second-order valence-corrected chi connectivity index (χ2v) is 8.02. The quantitative estimate of drug-likeness (QED) is 0.340. The Morgan fingerprint density at radius 1 is 1.29 bits per heavy atom. The van der Waals surface area contributed by atoms with Crippen molar-refractivity contribution in [3.8, 4) is 0 Å². The van der Waals surface area contributed by atoms with Gasteiger partial charge in [-0.1, -0.05) is 53.3 Å². The van der Waals surface area contributed by atoms with E-state index in [0.717, 1.165) is 28.6 Å². The van der Waals surface area contributed by atoms with Crippen LogP contribution in [0.4, 0.5) is 5.69 Å². The number of aryl methyl sites for hydroxylation is 1. The third-order valence-corrected chi connectivity index (χ3v) is 5.70. The monoisotopic (exact) mass is 480 g/mol. The number of nitrogens with zero attached hydrogens (tertiary/aromatic N) is 1. The number of aromatic nitrogens is 3. The van der Waals surface area contributed by atoms with E-state index < -0.39 is 0 Å². The number of H-pyrrole nitrogens is 2. The van der Waals surface area contributed by atoms with Gasteiger partial charge in [0.15, 0.2) is 0 Å². The van der Waals surface area contributed by atoms with E-state index in [2.05, 4.69) is 39.3 Å². The van der Waals surface area contributed by atoms with Crippen LogP contribution in [0.3, 0.4) is 0 Å². The van der Waals surface area contributed by atoms with Crippen LogP contribution >= 0.6 is 0 Å². The Morgan fingerprint density at radius 3 is 2.74 bits per heavy atom. The highest BCUT2D eigenvalue weighted by atomic mass is 16.5. The van der Waals surface area contributed by atoms with Crippen LogP contribution in [0.15, 0.2) is 47.8 Å². The number of para-hydroxylation sites is 1. The zero-order valence-electron chi connectivity index (χ0n) is 21.8. The minimum Gasteiger partial charge on any atom is -0.386 e. The summed E-state index contributed by atoms with van der Waals surface area (Å²) >= 11 is 0. The number of hydrogen-bond donors (Lipinski definition) is 5. The van der Waals surface area contributed by atoms with Crippen molar-refractivity contribution in [1.82, 2.24) is 20.5 Å². The van der Waals surface area contributed by atoms with Crippen molar-refractivity contribution in [3.63, 3.8) is 0 Å². The van der Waals surface area contributed by atoms with Crippen molar-refractivity contribution in [3.05, 3.63) is 70.0 Å². The summed E-state index contributed by atoms with van der Waals surface area (Å²) in [6.45, 7) is 17.7. The molecule has 2 aromatic heterocycles. The number of benzene rings is 1. The molecule has 8 nitrogen and oxygen atoms in total. The molecule has 0 bridgehead atoms. The largest absolute Gasteiger partial charge is 0.386 e. The maximum absolute atomic E-state index is 12.6. The summed E-state index contributed by atoms with van der Waals surface area (Å²) in [5, 5.41) is 14.2. The Bertz CT molecular complexity index is 1190. The van der Waals surface area contributed by atoms with Gasteiger partial charge in [0, 0.05) is 35.5 Å². The highest BCUT2D eigenvalue weighted by molar-refractivity contribution is 5.96. The summed E-state index contributed by atoms with van der Waals surface area (Å²) in [6.07, 6.45) is 6.14. The molecule has 0 radical (unpaired) electrons. The van der Waals surface area contributed by atoms with Crippen LogP contribution in [0.1, 0.15) is 57.7 Å². The van der Waals surface area contributed by atoms with E-state index in [-0.39, 0.29) is 11.6 Å². The molecule has 3 heterocycles. The van der Waals surface area contributed by atoms with Crippen LogP contribution in [0.25, 0.3) is 22.7 Å². The topological polar surface area (TPSA) is 121 Å². The molecule has 3 aromatic rings. The third-order valence-electron chi connectivity index (χ3n) is 5.70. The third kappa shape index (κ3) is 6.76. The Labute approximate surface area is 208 Å². The fraction of sp³-hybridized carbons (Fsp3) is 0.407. The van der Waals surface area contributed by atoms with Crippen LogP contribution in [-0.4, -0.2) is 34.4 Å². The summed E-state index contributed by atoms with van der Waals surface area (Å²) in [5.41, 5.74) is 10.3. The van der Waals surface area contributed by atoms with Gasteiger partial charge >= 0.3 is 0 Å². The first-order valence-corrected chi connectivity index (χ1v) is 12.4. The zero-order valence-corrected chi connectivity index (χ0v) is 21.8. The summed E-state index contributed by atoms with van der Waals surface area (Å²) in [5.74, 6) is 0.820. The fourth-order valence-corrected chi connectivity index (χ4v) is 3.97. The van der Waals surface area contributed by atoms with Crippen molar-refractivity contribution in [2.24, 2.45) is 11.7 Å². The van der Waals surface area contributed by atoms with Crippen LogP contribution in [-0.2, 0) is 4.74 Å². The molecular formula is C27H40N6O2. The van der Waals surface area contributed by atoms with Crippen molar-refractivity contribution in [2.75, 3.05) is 18.5 Å². The van der Waals surface area contributed by atoms with Crippen LogP contribution < -0.4 is 21.9 Å². The number of nitrogens with two attached hydrogens (primary N) is 1. The van der Waals surface area contributed by atoms with Gasteiger partial charge in [0.1, 0.15) is 0 Å². The normalized spacial score (nSPS) is 17.5. The zero-order chi connectivity index (χ0) is 26.0. The molecule has 4 rings (SSSR count). The van der Waals surface area contributed by atoms with Gasteiger partial charge in [0.05, 0.1) is 35.4 Å². The summed E-state index contributed by atoms with van der Waals surface area (Å²) in [4.78, 5) is 15.9. The van der Waals surface area contributed by atoms with Gasteiger partial charge in [-0.2, -0.15) is 5.10 Å². The van der Waals surface area contributed by atoms with Crippen LogP contribution in [0.2, 0.25) is 0 Å². The second kappa shape index (κ2) is 13.4. The van der Waals surface area contributed by atoms with Crippen molar-refractivity contribution in [2.45, 2.75) is 54.0 Å². The predicted octanol–water partition coefficient (Wildman–Crippen LogP) is 4.97. The van der Waals surface area contributed by atoms with E-state index in [4.69, 9.17) is 10.5 Å². The lowest BCUT2D eigenvalue weighted by Crippen LogP contribution is -2.42. The first-order chi connectivity index (χ1) is 16.9. The first-order valence-electron chi connectivity index (χ1n) is 12.4. The number of aromatic amines is 2. The van der Waals surface area contributed by atoms with Gasteiger partial charge in [0.2, 0.25) is 0 Å². The van der Waals surface area contributed by atoms with E-state index in [0.29, 0.717) is 41.8 Å². The second-order valence-electron chi connectivity index (χ2n) is 8.02. The molecule has 1 aliphatic heterocycles. The molecule has 0 amide bonds. The molecule has 0 saturated carbocycles. The molecule has 1 fully saturated rings. The molecule has 1 saturated heterocycles. The average Bonchev–Trinajstić information content (AvgIpc) is 3.25. The lowest BCUT2D eigenvalue weighted by atomic mass is 9.98. The molecule has 0 aliphatic carbocycles. The maximum atomic E-state index is 12.6. The molecule has 35 heavy (non-hydrogen) atoms. The molecule has 2 atom stereocenters. The van der Waals surface area contributed by atoms with Crippen LogP contribution in [0, 0.1) is 12.8 Å². The number of hydrogen-bond acceptors (Lipinski definition) is 6. The highest BCUT2D eigenvalue weighted by Gasteiger charge is 2.22. The molecule has 8 heteroatoms. The molecule has 1 aliphatic rings. The minimum atomic E-state index is -0.340. The van der Waals surface area contributed by atoms with E-state index in [1.807, 2.05) is 59.0 Å². The number of rotatable bonds is 6. The molecule has 6 N–H and O–H groups in total. The number of fused-ring (bicyclic) bond motifs is 1. The van der Waals surface area contributed by atoms with Crippen molar-refractivity contribution in [1.29, 1.82) is 0 Å². The molecular weight excluding hydrogens is 440 g/mol. The smallest absolute Gasteiger partial charge is 0.274 e. The first kappa shape index (κ1) is 27.7. The Hall–Kier alpha value is -3.52. The lowest BCUT2D eigenvalue weighted by molar-refractivity contribution is 0.0417. The van der Waals surface area contributed by atoms with Gasteiger partial charge in [-0.3, -0.25) is 4.79 Å². The molecule has 0 spiro atoms. The Kier molecular flexibility index (Phi) is 10.6. The van der Waals surface area contributed by atoms with Crippen molar-refractivity contribution < 1.29 is 4.74 Å². The van der Waals surface area contributed by atoms with Gasteiger partial charge in [-0.15, -0.1) is 0 Å². The van der Waals surface area contributed by atoms with Gasteiger partial charge in [-0.25, -0.2) is 5.10 Å². The molecule has 190 valence electrons. The van der Waals surface area contributed by atoms with E-state index in [1.165, 1.54) is 0 Å². The van der Waals surface area contributed by atoms with Gasteiger partial charge in [-0.05, 0) is 37.0 Å². The predicted molar refractivity (Wildman–Crippen MR) is 147 cm³/mol. The molecule has 1 aromatic carbocycles. The SMILES string of the molecule is C=C(Nc1cccc2c(C)c[nH]c12)c1c(/C=C(\N)NC2CCOCC2C)cn[nH]c1=O.CC.CC. The summed E-state index contributed by atoms with van der Waals surface area (Å²) < 4.78 is 5.49. The Morgan fingerprint density at radius 2 is 2.03 bits per heavy atom. The lowest BCUT2D eigenvalue weighted by Gasteiger charge is -2.30. The number of anilines is 1. The van der Waals surface area contributed by atoms with Crippen molar-refractivity contribution >= 4 is 28.4 Å². The minimum absolute atomic E-state index is 0.221. The number of nitrogens with one attached hydrogen (secondary N) is 4.